The summed E-state index contributed by atoms with van der Waals surface area (Å²) in [4.78, 5) is 33.7. The zero-order valence-corrected chi connectivity index (χ0v) is 26.8. The number of unbranched alkanes of at least 4 members (excludes halogenated alkanes) is 2. The Balaban J connectivity index is 1.64. The minimum atomic E-state index is -0.986. The number of aliphatic hydroxyl groups is 1. The zero-order chi connectivity index (χ0) is 31.9. The molecule has 2 heterocycles. The molecule has 10 heteroatoms. The fourth-order valence-corrected chi connectivity index (χ4v) is 6.23. The third-order valence-electron chi connectivity index (χ3n) is 7.40. The van der Waals surface area contributed by atoms with Crippen LogP contribution in [0.15, 0.2) is 66.2 Å². The van der Waals surface area contributed by atoms with Crippen LogP contribution in [-0.2, 0) is 9.59 Å². The Labute approximate surface area is 267 Å². The Kier molecular flexibility index (Phi) is 10.2. The van der Waals surface area contributed by atoms with Gasteiger partial charge in [-0.3, -0.25) is 14.5 Å². The number of rotatable bonds is 14. The Bertz CT molecular complexity index is 1710. The molecule has 0 spiro atoms. The van der Waals surface area contributed by atoms with Gasteiger partial charge in [0.05, 0.1) is 48.8 Å². The number of carbonyl (C=O) groups excluding carboxylic acids is 2. The molecule has 1 N–H and O–H groups in total. The van der Waals surface area contributed by atoms with Crippen LogP contribution in [0.2, 0.25) is 0 Å². The van der Waals surface area contributed by atoms with Gasteiger partial charge < -0.3 is 24.1 Å². The van der Waals surface area contributed by atoms with Crippen LogP contribution in [0.5, 0.6) is 23.0 Å². The second-order valence-corrected chi connectivity index (χ2v) is 11.6. The highest BCUT2D eigenvalue weighted by Crippen LogP contribution is 2.46. The van der Waals surface area contributed by atoms with Crippen molar-refractivity contribution in [3.05, 3.63) is 77.4 Å². The highest BCUT2D eigenvalue weighted by Gasteiger charge is 2.48. The Morgan fingerprint density at radius 1 is 0.889 bits per heavy atom. The second kappa shape index (κ2) is 14.5. The molecule has 0 saturated carbocycles. The third-order valence-corrected chi connectivity index (χ3v) is 8.42. The lowest BCUT2D eigenvalue weighted by atomic mass is 9.95. The minimum absolute atomic E-state index is 0.0550. The summed E-state index contributed by atoms with van der Waals surface area (Å²) in [5.41, 5.74) is 1.52. The van der Waals surface area contributed by atoms with Gasteiger partial charge in [-0.25, -0.2) is 4.98 Å². The molecule has 1 saturated heterocycles. The second-order valence-electron chi connectivity index (χ2n) is 10.6. The molecule has 45 heavy (non-hydrogen) atoms. The quantitative estimate of drug-likeness (QED) is 0.0654. The van der Waals surface area contributed by atoms with Crippen LogP contribution < -0.4 is 23.8 Å². The van der Waals surface area contributed by atoms with E-state index >= 15 is 0 Å². The smallest absolute Gasteiger partial charge is 0.301 e. The average molecular weight is 631 g/mol. The molecule has 9 nitrogen and oxygen atoms in total. The monoisotopic (exact) mass is 630 g/mol. The number of carbonyl (C=O) groups is 2. The first-order valence-electron chi connectivity index (χ1n) is 15.3. The van der Waals surface area contributed by atoms with Crippen molar-refractivity contribution >= 4 is 44.1 Å². The molecule has 0 bridgehead atoms. The Morgan fingerprint density at radius 2 is 1.71 bits per heavy atom. The summed E-state index contributed by atoms with van der Waals surface area (Å²) in [6.07, 6.45) is 3.85. The fourth-order valence-electron chi connectivity index (χ4n) is 5.21. The van der Waals surface area contributed by atoms with E-state index in [9.17, 15) is 14.7 Å². The number of hydrogen-bond donors (Lipinski definition) is 1. The lowest BCUT2D eigenvalue weighted by Crippen LogP contribution is -2.29. The molecule has 1 aliphatic rings. The van der Waals surface area contributed by atoms with Gasteiger partial charge in [0.2, 0.25) is 0 Å². The molecular weight excluding hydrogens is 592 g/mol. The van der Waals surface area contributed by atoms with Crippen LogP contribution in [-0.4, -0.2) is 48.7 Å². The number of aliphatic hydroxyl groups excluding tert-OH is 1. The molecule has 1 unspecified atom stereocenters. The number of thiazole rings is 1. The van der Waals surface area contributed by atoms with E-state index in [-0.39, 0.29) is 11.3 Å². The van der Waals surface area contributed by atoms with Gasteiger partial charge >= 0.3 is 5.91 Å². The molecule has 1 aromatic heterocycles. The highest BCUT2D eigenvalue weighted by atomic mass is 32.1. The van der Waals surface area contributed by atoms with Crippen LogP contribution >= 0.6 is 11.3 Å². The van der Waals surface area contributed by atoms with Crippen LogP contribution in [0, 0.1) is 0 Å². The minimum Gasteiger partial charge on any atom is -0.507 e. The number of benzene rings is 3. The molecule has 0 aliphatic carbocycles. The maximum atomic E-state index is 13.8. The molecule has 0 radical (unpaired) electrons. The van der Waals surface area contributed by atoms with E-state index in [2.05, 4.69) is 6.92 Å². The first-order chi connectivity index (χ1) is 21.9. The summed E-state index contributed by atoms with van der Waals surface area (Å²) in [6.45, 7) is 7.59. The lowest BCUT2D eigenvalue weighted by Gasteiger charge is -2.24. The number of amides is 1. The summed E-state index contributed by atoms with van der Waals surface area (Å²) < 4.78 is 23.9. The molecule has 4 aromatic rings. The van der Waals surface area contributed by atoms with Crippen molar-refractivity contribution in [2.24, 2.45) is 0 Å². The van der Waals surface area contributed by atoms with Gasteiger partial charge in [0, 0.05) is 5.56 Å². The number of aromatic nitrogens is 1. The number of ether oxygens (including phenoxy) is 4. The summed E-state index contributed by atoms with van der Waals surface area (Å²) >= 11 is 1.27. The summed E-state index contributed by atoms with van der Waals surface area (Å²) in [7, 11) is 1.54. The standard InChI is InChI=1S/C35H38N2O7S/c1-5-8-9-18-44-27-16-13-22(20-28(27)41-4)31-30(32(38)23-11-10-12-24(19-23)43-17-6-2)33(39)34(40)37(31)35-36-26-15-14-25(42-7-3)21-29(26)45-35/h10-16,19-21,31,38H,5-9,17-18H2,1-4H3. The molecule has 5 rings (SSSR count). The van der Waals surface area contributed by atoms with Crippen LogP contribution in [0.4, 0.5) is 5.13 Å². The predicted molar refractivity (Wildman–Crippen MR) is 176 cm³/mol. The van der Waals surface area contributed by atoms with Crippen molar-refractivity contribution in [3.63, 3.8) is 0 Å². The maximum Gasteiger partial charge on any atom is 0.301 e. The molecule has 236 valence electrons. The number of nitrogens with zero attached hydrogens (tertiary/aromatic N) is 2. The van der Waals surface area contributed by atoms with Crippen LogP contribution in [0.1, 0.15) is 63.6 Å². The van der Waals surface area contributed by atoms with Gasteiger partial charge in [-0.1, -0.05) is 56.2 Å². The van der Waals surface area contributed by atoms with Gasteiger partial charge in [0.1, 0.15) is 17.3 Å². The van der Waals surface area contributed by atoms with E-state index in [1.54, 1.807) is 49.6 Å². The van der Waals surface area contributed by atoms with E-state index in [4.69, 9.17) is 23.9 Å². The molecule has 1 atom stereocenters. The zero-order valence-electron chi connectivity index (χ0n) is 26.0. The molecule has 1 aliphatic heterocycles. The Morgan fingerprint density at radius 3 is 2.47 bits per heavy atom. The number of hydrogen-bond acceptors (Lipinski definition) is 9. The number of anilines is 1. The largest absolute Gasteiger partial charge is 0.507 e. The first kappa shape index (κ1) is 31.8. The number of ketones is 1. The molecule has 1 amide bonds. The van der Waals surface area contributed by atoms with Gasteiger partial charge in [0.15, 0.2) is 16.6 Å². The van der Waals surface area contributed by atoms with Crippen molar-refractivity contribution < 1.29 is 33.6 Å². The molecule has 3 aromatic carbocycles. The Hall–Kier alpha value is -4.57. The SMILES string of the molecule is CCCCCOc1ccc(C2C(=C(O)c3cccc(OCCC)c3)C(=O)C(=O)N2c2nc3ccc(OCC)cc3s2)cc1OC. The summed E-state index contributed by atoms with van der Waals surface area (Å²) in [5, 5.41) is 12.0. The van der Waals surface area contributed by atoms with Gasteiger partial charge in [-0.2, -0.15) is 0 Å². The predicted octanol–water partition coefficient (Wildman–Crippen LogP) is 7.69. The first-order valence-corrected chi connectivity index (χ1v) is 16.1. The van der Waals surface area contributed by atoms with Gasteiger partial charge in [-0.15, -0.1) is 0 Å². The fraction of sp³-hybridized carbons (Fsp3) is 0.343. The average Bonchev–Trinajstić information content (AvgIpc) is 3.59. The highest BCUT2D eigenvalue weighted by molar-refractivity contribution is 7.22. The van der Waals surface area contributed by atoms with Crippen molar-refractivity contribution in [1.82, 2.24) is 4.98 Å². The van der Waals surface area contributed by atoms with Crippen LogP contribution in [0.3, 0.4) is 0 Å². The summed E-state index contributed by atoms with van der Waals surface area (Å²) in [5.74, 6) is 0.334. The maximum absolute atomic E-state index is 13.8. The van der Waals surface area contributed by atoms with E-state index in [0.717, 1.165) is 30.4 Å². The van der Waals surface area contributed by atoms with Crippen molar-refractivity contribution in [1.29, 1.82) is 0 Å². The topological polar surface area (TPSA) is 107 Å². The normalized spacial score (nSPS) is 15.9. The van der Waals surface area contributed by atoms with Crippen molar-refractivity contribution in [3.8, 4) is 23.0 Å². The number of Topliss-reactive ketones (excluding diaryl/α,β-unsaturated/α-hetero) is 1. The third kappa shape index (κ3) is 6.76. The summed E-state index contributed by atoms with van der Waals surface area (Å²) in [6, 6.07) is 16.7. The van der Waals surface area contributed by atoms with Crippen molar-refractivity contribution in [2.75, 3.05) is 31.8 Å². The van der Waals surface area contributed by atoms with Gasteiger partial charge in [0.25, 0.3) is 5.78 Å². The number of methoxy groups -OCH3 is 1. The lowest BCUT2D eigenvalue weighted by molar-refractivity contribution is -0.132. The number of fused-ring (bicyclic) bond motifs is 1. The van der Waals surface area contributed by atoms with E-state index < -0.39 is 17.7 Å². The van der Waals surface area contributed by atoms with E-state index in [1.165, 1.54) is 16.2 Å². The van der Waals surface area contributed by atoms with E-state index in [0.29, 0.717) is 64.6 Å². The molecule has 1 fully saturated rings. The van der Waals surface area contributed by atoms with Crippen molar-refractivity contribution in [2.45, 2.75) is 52.5 Å². The van der Waals surface area contributed by atoms with E-state index in [1.807, 2.05) is 32.0 Å². The van der Waals surface area contributed by atoms with Gasteiger partial charge in [-0.05, 0) is 67.8 Å². The molecular formula is C35H38N2O7S. The van der Waals surface area contributed by atoms with Crippen LogP contribution in [0.25, 0.3) is 16.0 Å².